The van der Waals surface area contributed by atoms with Gasteiger partial charge in [-0.1, -0.05) is 36.4 Å². The van der Waals surface area contributed by atoms with Crippen molar-refractivity contribution in [3.05, 3.63) is 108 Å². The molecule has 4 nitrogen and oxygen atoms in total. The van der Waals surface area contributed by atoms with E-state index in [-0.39, 0.29) is 0 Å². The maximum absolute atomic E-state index is 4.59. The van der Waals surface area contributed by atoms with E-state index in [2.05, 4.69) is 45.9 Å². The fourth-order valence-electron chi connectivity index (χ4n) is 2.97. The number of nitrogens with zero attached hydrogens (tertiary/aromatic N) is 2. The molecule has 0 bridgehead atoms. The van der Waals surface area contributed by atoms with E-state index < -0.39 is 0 Å². The van der Waals surface area contributed by atoms with Crippen molar-refractivity contribution in [3.8, 4) is 0 Å². The van der Waals surface area contributed by atoms with Crippen LogP contribution in [0.1, 0.15) is 36.4 Å². The topological polar surface area (TPSA) is 56.3 Å². The number of hydrogen-bond donors (Lipinski definition) is 2. The van der Waals surface area contributed by atoms with E-state index in [0.29, 0.717) is 0 Å². The number of para-hydroxylation sites is 2. The molecule has 0 fully saturated rings. The molecule has 0 amide bonds. The molecule has 0 aliphatic heterocycles. The number of benzene rings is 2. The Hall–Kier alpha value is -3.66. The van der Waals surface area contributed by atoms with Crippen LogP contribution in [-0.4, -0.2) is 21.4 Å². The normalized spacial score (nSPS) is 11.7. The molecule has 0 aliphatic carbocycles. The van der Waals surface area contributed by atoms with Crippen LogP contribution < -0.4 is 0 Å². The van der Waals surface area contributed by atoms with Crippen molar-refractivity contribution in [1.82, 2.24) is 9.97 Å². The second kappa shape index (κ2) is 10.2. The molecule has 30 heavy (non-hydrogen) atoms. The lowest BCUT2D eigenvalue weighted by atomic mass is 10.2. The van der Waals surface area contributed by atoms with Crippen molar-refractivity contribution in [2.75, 3.05) is 0 Å². The summed E-state index contributed by atoms with van der Waals surface area (Å²) in [6, 6.07) is 24.3. The lowest BCUT2D eigenvalue weighted by Crippen LogP contribution is -1.93. The van der Waals surface area contributed by atoms with Crippen molar-refractivity contribution in [2.24, 2.45) is 9.98 Å². The van der Waals surface area contributed by atoms with Crippen LogP contribution in [0.2, 0.25) is 0 Å². The second-order valence-electron chi connectivity index (χ2n) is 7.13. The third kappa shape index (κ3) is 5.67. The number of nitrogens with one attached hydrogen (secondary N) is 2. The molecule has 0 atom stereocenters. The highest BCUT2D eigenvalue weighted by Crippen LogP contribution is 2.19. The van der Waals surface area contributed by atoms with Crippen LogP contribution in [-0.2, 0) is 0 Å². The zero-order valence-corrected chi connectivity index (χ0v) is 18.0. The highest BCUT2D eigenvalue weighted by atomic mass is 14.8. The van der Waals surface area contributed by atoms with Crippen LogP contribution in [0.15, 0.2) is 95.2 Å². The Balaban J connectivity index is 0.000000171. The molecule has 2 aromatic heterocycles. The van der Waals surface area contributed by atoms with Gasteiger partial charge in [0, 0.05) is 12.4 Å². The summed E-state index contributed by atoms with van der Waals surface area (Å²) in [6.07, 6.45) is 3.82. The first-order valence-corrected chi connectivity index (χ1v) is 10.0. The monoisotopic (exact) mass is 396 g/mol. The molecular formula is C26H28N4. The number of hydrogen-bond acceptors (Lipinski definition) is 2. The first-order chi connectivity index (χ1) is 14.5. The maximum atomic E-state index is 4.59. The van der Waals surface area contributed by atoms with E-state index in [0.717, 1.165) is 34.2 Å². The second-order valence-corrected chi connectivity index (χ2v) is 7.13. The van der Waals surface area contributed by atoms with Crippen LogP contribution in [0.5, 0.6) is 0 Å². The summed E-state index contributed by atoms with van der Waals surface area (Å²) in [5.74, 6) is 0. The van der Waals surface area contributed by atoms with Crippen LogP contribution in [0, 0.1) is 13.8 Å². The number of aromatic nitrogens is 2. The van der Waals surface area contributed by atoms with E-state index in [4.69, 9.17) is 0 Å². The molecule has 2 heterocycles. The van der Waals surface area contributed by atoms with Gasteiger partial charge in [-0.15, -0.1) is 0 Å². The Labute approximate surface area is 178 Å². The summed E-state index contributed by atoms with van der Waals surface area (Å²) < 4.78 is 0. The molecule has 4 heteroatoms. The first-order valence-electron chi connectivity index (χ1n) is 10.0. The molecule has 0 saturated carbocycles. The van der Waals surface area contributed by atoms with E-state index in [1.165, 1.54) is 11.1 Å². The number of aliphatic imine (C=N–C) groups is 2. The summed E-state index contributed by atoms with van der Waals surface area (Å²) in [4.78, 5) is 15.5. The molecule has 2 N–H and O–H groups in total. The minimum absolute atomic E-state index is 1.01. The van der Waals surface area contributed by atoms with Gasteiger partial charge >= 0.3 is 0 Å². The van der Waals surface area contributed by atoms with Gasteiger partial charge in [-0.25, -0.2) is 0 Å². The zero-order valence-electron chi connectivity index (χ0n) is 18.0. The summed E-state index contributed by atoms with van der Waals surface area (Å²) in [6.45, 7) is 8.16. The molecule has 4 aromatic rings. The van der Waals surface area contributed by atoms with Crippen molar-refractivity contribution in [1.29, 1.82) is 0 Å². The maximum Gasteiger partial charge on any atom is 0.0662 e. The quantitative estimate of drug-likeness (QED) is 0.352. The Morgan fingerprint density at radius 3 is 1.30 bits per heavy atom. The predicted octanol–water partition coefficient (Wildman–Crippen LogP) is 6.93. The Morgan fingerprint density at radius 1 is 0.567 bits per heavy atom. The van der Waals surface area contributed by atoms with Crippen molar-refractivity contribution < 1.29 is 0 Å². The standard InChI is InChI=1S/2C13H14N2/c2*1-10-6-3-4-7-12(10)15-11(2)13-8-5-9-14-13/h2*3-9,14H,1-2H3. The molecule has 4 rings (SSSR count). The van der Waals surface area contributed by atoms with Gasteiger partial charge < -0.3 is 9.97 Å². The summed E-state index contributed by atoms with van der Waals surface area (Å²) in [5, 5.41) is 0. The van der Waals surface area contributed by atoms with Gasteiger partial charge in [0.15, 0.2) is 0 Å². The number of aromatic amines is 2. The Kier molecular flexibility index (Phi) is 7.17. The number of aryl methyl sites for hydroxylation is 2. The Morgan fingerprint density at radius 2 is 0.967 bits per heavy atom. The molecule has 2 aromatic carbocycles. The van der Waals surface area contributed by atoms with Gasteiger partial charge in [-0.05, 0) is 75.2 Å². The van der Waals surface area contributed by atoms with E-state index in [1.54, 1.807) is 0 Å². The first kappa shape index (κ1) is 21.1. The molecule has 152 valence electrons. The van der Waals surface area contributed by atoms with Crippen LogP contribution in [0.25, 0.3) is 0 Å². The van der Waals surface area contributed by atoms with E-state index in [1.807, 2.05) is 86.9 Å². The lowest BCUT2D eigenvalue weighted by molar-refractivity contribution is 1.33. The average molecular weight is 397 g/mol. The highest BCUT2D eigenvalue weighted by molar-refractivity contribution is 5.99. The van der Waals surface area contributed by atoms with E-state index in [9.17, 15) is 0 Å². The minimum atomic E-state index is 1.01. The third-order valence-corrected chi connectivity index (χ3v) is 4.78. The predicted molar refractivity (Wildman–Crippen MR) is 128 cm³/mol. The van der Waals surface area contributed by atoms with Crippen LogP contribution in [0.4, 0.5) is 11.4 Å². The van der Waals surface area contributed by atoms with Crippen molar-refractivity contribution >= 4 is 22.8 Å². The fraction of sp³-hybridized carbons (Fsp3) is 0.154. The van der Waals surface area contributed by atoms with Gasteiger partial charge in [-0.3, -0.25) is 9.98 Å². The lowest BCUT2D eigenvalue weighted by Gasteiger charge is -2.01. The largest absolute Gasteiger partial charge is 0.360 e. The fourth-order valence-corrected chi connectivity index (χ4v) is 2.97. The van der Waals surface area contributed by atoms with Gasteiger partial charge in [0.05, 0.1) is 34.2 Å². The molecule has 0 aliphatic rings. The summed E-state index contributed by atoms with van der Waals surface area (Å²) in [5.41, 5.74) is 8.61. The SMILES string of the molecule is CC(=Nc1ccccc1C)c1ccc[nH]1.CC(=Nc1ccccc1C)c1ccc[nH]1. The minimum Gasteiger partial charge on any atom is -0.360 e. The summed E-state index contributed by atoms with van der Waals surface area (Å²) >= 11 is 0. The average Bonchev–Trinajstić information content (AvgIpc) is 3.46. The van der Waals surface area contributed by atoms with E-state index >= 15 is 0 Å². The number of rotatable bonds is 4. The summed E-state index contributed by atoms with van der Waals surface area (Å²) in [7, 11) is 0. The van der Waals surface area contributed by atoms with Gasteiger partial charge in [-0.2, -0.15) is 0 Å². The van der Waals surface area contributed by atoms with Crippen molar-refractivity contribution in [2.45, 2.75) is 27.7 Å². The van der Waals surface area contributed by atoms with Crippen LogP contribution in [0.3, 0.4) is 0 Å². The number of H-pyrrole nitrogens is 2. The molecular weight excluding hydrogens is 368 g/mol. The highest BCUT2D eigenvalue weighted by Gasteiger charge is 2.00. The van der Waals surface area contributed by atoms with Crippen LogP contribution >= 0.6 is 0 Å². The van der Waals surface area contributed by atoms with Gasteiger partial charge in [0.1, 0.15) is 0 Å². The zero-order chi connectivity index (χ0) is 21.3. The molecule has 0 spiro atoms. The molecule has 0 unspecified atom stereocenters. The van der Waals surface area contributed by atoms with Crippen molar-refractivity contribution in [3.63, 3.8) is 0 Å². The smallest absolute Gasteiger partial charge is 0.0662 e. The third-order valence-electron chi connectivity index (χ3n) is 4.78. The molecule has 0 saturated heterocycles. The van der Waals surface area contributed by atoms with Gasteiger partial charge in [0.2, 0.25) is 0 Å². The van der Waals surface area contributed by atoms with Gasteiger partial charge in [0.25, 0.3) is 0 Å². The molecule has 0 radical (unpaired) electrons. The Bertz CT molecular complexity index is 1030.